The molecule has 1 aromatic carbocycles. The highest BCUT2D eigenvalue weighted by Crippen LogP contribution is 2.43. The molecule has 1 heteroatoms. The summed E-state index contributed by atoms with van der Waals surface area (Å²) < 4.78 is 0. The van der Waals surface area contributed by atoms with Crippen molar-refractivity contribution < 1.29 is 0 Å². The van der Waals surface area contributed by atoms with Crippen molar-refractivity contribution in [3.63, 3.8) is 0 Å². The molecule has 0 bridgehead atoms. The van der Waals surface area contributed by atoms with E-state index in [-0.39, 0.29) is 11.0 Å². The molecule has 0 heterocycles. The van der Waals surface area contributed by atoms with Gasteiger partial charge in [-0.2, -0.15) is 0 Å². The Morgan fingerprint density at radius 2 is 1.88 bits per heavy atom. The lowest BCUT2D eigenvalue weighted by molar-refractivity contribution is 0.0990. The highest BCUT2D eigenvalue weighted by Gasteiger charge is 2.43. The summed E-state index contributed by atoms with van der Waals surface area (Å²) >= 11 is 0. The Morgan fingerprint density at radius 3 is 2.53 bits per heavy atom. The van der Waals surface area contributed by atoms with E-state index in [2.05, 4.69) is 45.0 Å². The summed E-state index contributed by atoms with van der Waals surface area (Å²) in [5, 5.41) is 0. The van der Waals surface area contributed by atoms with E-state index in [1.165, 1.54) is 30.4 Å². The number of hydrogen-bond acceptors (Lipinski definition) is 1. The molecular formula is C16H25N. The third kappa shape index (κ3) is 2.55. The first-order chi connectivity index (χ1) is 7.93. The van der Waals surface area contributed by atoms with Crippen LogP contribution < -0.4 is 5.73 Å². The van der Waals surface area contributed by atoms with Gasteiger partial charge in [-0.1, -0.05) is 56.5 Å². The molecule has 94 valence electrons. The third-order valence-electron chi connectivity index (χ3n) is 4.62. The van der Waals surface area contributed by atoms with Gasteiger partial charge >= 0.3 is 0 Å². The second-order valence-electron chi connectivity index (χ2n) is 6.41. The summed E-state index contributed by atoms with van der Waals surface area (Å²) in [6.45, 7) is 6.82. The molecular weight excluding hydrogens is 206 g/mol. The topological polar surface area (TPSA) is 26.0 Å². The smallest absolute Gasteiger partial charge is 0.0246 e. The number of hydrogen-bond donors (Lipinski definition) is 1. The summed E-state index contributed by atoms with van der Waals surface area (Å²) in [5.74, 6) is 0. The van der Waals surface area contributed by atoms with Gasteiger partial charge in [0, 0.05) is 5.54 Å². The second-order valence-corrected chi connectivity index (χ2v) is 6.41. The zero-order chi connectivity index (χ0) is 12.5. The van der Waals surface area contributed by atoms with Gasteiger partial charge in [-0.05, 0) is 37.2 Å². The molecule has 1 unspecified atom stereocenters. The third-order valence-corrected chi connectivity index (χ3v) is 4.62. The van der Waals surface area contributed by atoms with Gasteiger partial charge in [-0.15, -0.1) is 0 Å². The van der Waals surface area contributed by atoms with Crippen molar-refractivity contribution in [2.24, 2.45) is 11.1 Å². The van der Waals surface area contributed by atoms with Crippen molar-refractivity contribution in [1.29, 1.82) is 0 Å². The van der Waals surface area contributed by atoms with Gasteiger partial charge in [0.1, 0.15) is 0 Å². The van der Waals surface area contributed by atoms with Crippen LogP contribution in [0.1, 0.15) is 50.7 Å². The Hall–Kier alpha value is -0.820. The van der Waals surface area contributed by atoms with E-state index in [0.29, 0.717) is 0 Å². The predicted octanol–water partition coefficient (Wildman–Crippen LogP) is 3.84. The minimum absolute atomic E-state index is 0.0287. The molecule has 0 spiro atoms. The SMILES string of the molecule is Cc1cccc(CC2(N)CCCCC2(C)C)c1. The first kappa shape index (κ1) is 12.6. The first-order valence-electron chi connectivity index (χ1n) is 6.77. The zero-order valence-corrected chi connectivity index (χ0v) is 11.4. The number of nitrogens with two attached hydrogens (primary N) is 1. The minimum Gasteiger partial charge on any atom is -0.324 e. The number of rotatable bonds is 2. The van der Waals surface area contributed by atoms with E-state index in [9.17, 15) is 0 Å². The van der Waals surface area contributed by atoms with Crippen molar-refractivity contribution >= 4 is 0 Å². The normalized spacial score (nSPS) is 28.0. The molecule has 0 aliphatic heterocycles. The van der Waals surface area contributed by atoms with Gasteiger partial charge in [0.25, 0.3) is 0 Å². The lowest BCUT2D eigenvalue weighted by Crippen LogP contribution is -2.56. The van der Waals surface area contributed by atoms with Crippen LogP contribution in [0.2, 0.25) is 0 Å². The standard InChI is InChI=1S/C16H25N/c1-13-7-6-8-14(11-13)12-16(17)10-5-4-9-15(16,2)3/h6-8,11H,4-5,9-10,12,17H2,1-3H3. The van der Waals surface area contributed by atoms with Crippen molar-refractivity contribution in [2.45, 2.75) is 58.4 Å². The van der Waals surface area contributed by atoms with E-state index in [1.54, 1.807) is 0 Å². The van der Waals surface area contributed by atoms with Crippen LogP contribution in [0.4, 0.5) is 0 Å². The lowest BCUT2D eigenvalue weighted by Gasteiger charge is -2.48. The number of benzene rings is 1. The van der Waals surface area contributed by atoms with E-state index >= 15 is 0 Å². The van der Waals surface area contributed by atoms with E-state index < -0.39 is 0 Å². The average Bonchev–Trinajstić information content (AvgIpc) is 2.23. The highest BCUT2D eigenvalue weighted by atomic mass is 14.8. The van der Waals surface area contributed by atoms with Crippen LogP contribution in [-0.4, -0.2) is 5.54 Å². The molecule has 1 atom stereocenters. The van der Waals surface area contributed by atoms with Crippen LogP contribution in [0.5, 0.6) is 0 Å². The average molecular weight is 231 g/mol. The van der Waals surface area contributed by atoms with Gasteiger partial charge in [-0.3, -0.25) is 0 Å². The van der Waals surface area contributed by atoms with E-state index in [4.69, 9.17) is 5.73 Å². The molecule has 17 heavy (non-hydrogen) atoms. The summed E-state index contributed by atoms with van der Waals surface area (Å²) in [6.07, 6.45) is 6.05. The van der Waals surface area contributed by atoms with E-state index in [0.717, 1.165) is 12.8 Å². The molecule has 1 nitrogen and oxygen atoms in total. The van der Waals surface area contributed by atoms with Crippen LogP contribution >= 0.6 is 0 Å². The molecule has 2 N–H and O–H groups in total. The van der Waals surface area contributed by atoms with Crippen molar-refractivity contribution in [2.75, 3.05) is 0 Å². The summed E-state index contributed by atoms with van der Waals surface area (Å²) in [4.78, 5) is 0. The quantitative estimate of drug-likeness (QED) is 0.822. The van der Waals surface area contributed by atoms with Crippen LogP contribution in [0.15, 0.2) is 24.3 Å². The van der Waals surface area contributed by atoms with Gasteiger partial charge in [0.2, 0.25) is 0 Å². The fraction of sp³-hybridized carbons (Fsp3) is 0.625. The summed E-state index contributed by atoms with van der Waals surface area (Å²) in [6, 6.07) is 8.79. The fourth-order valence-electron chi connectivity index (χ4n) is 3.11. The molecule has 1 fully saturated rings. The highest BCUT2D eigenvalue weighted by molar-refractivity contribution is 5.25. The predicted molar refractivity (Wildman–Crippen MR) is 74.1 cm³/mol. The van der Waals surface area contributed by atoms with Gasteiger partial charge in [0.15, 0.2) is 0 Å². The second kappa shape index (κ2) is 4.45. The lowest BCUT2D eigenvalue weighted by atomic mass is 9.61. The molecule has 1 saturated carbocycles. The molecule has 1 aliphatic rings. The van der Waals surface area contributed by atoms with Gasteiger partial charge in [-0.25, -0.2) is 0 Å². The molecule has 2 rings (SSSR count). The Balaban J connectivity index is 2.21. The van der Waals surface area contributed by atoms with Crippen LogP contribution in [0, 0.1) is 12.3 Å². The summed E-state index contributed by atoms with van der Waals surface area (Å²) in [5.41, 5.74) is 9.67. The Bertz CT molecular complexity index is 394. The Kier molecular flexibility index (Phi) is 3.31. The van der Waals surface area contributed by atoms with Crippen molar-refractivity contribution in [3.8, 4) is 0 Å². The maximum Gasteiger partial charge on any atom is 0.0246 e. The molecule has 0 amide bonds. The Morgan fingerprint density at radius 1 is 1.18 bits per heavy atom. The van der Waals surface area contributed by atoms with Crippen LogP contribution in [-0.2, 0) is 6.42 Å². The largest absolute Gasteiger partial charge is 0.324 e. The van der Waals surface area contributed by atoms with Crippen molar-refractivity contribution in [1.82, 2.24) is 0 Å². The fourth-order valence-corrected chi connectivity index (χ4v) is 3.11. The first-order valence-corrected chi connectivity index (χ1v) is 6.77. The van der Waals surface area contributed by atoms with E-state index in [1.807, 2.05) is 0 Å². The maximum atomic E-state index is 6.72. The Labute approximate surface area is 105 Å². The van der Waals surface area contributed by atoms with Crippen LogP contribution in [0.25, 0.3) is 0 Å². The molecule has 1 aromatic rings. The maximum absolute atomic E-state index is 6.72. The van der Waals surface area contributed by atoms with Gasteiger partial charge in [0.05, 0.1) is 0 Å². The van der Waals surface area contributed by atoms with Gasteiger partial charge < -0.3 is 5.73 Å². The molecule has 0 radical (unpaired) electrons. The molecule has 0 aromatic heterocycles. The monoisotopic (exact) mass is 231 g/mol. The minimum atomic E-state index is -0.0287. The molecule has 1 aliphatic carbocycles. The van der Waals surface area contributed by atoms with Crippen LogP contribution in [0.3, 0.4) is 0 Å². The van der Waals surface area contributed by atoms with Crippen molar-refractivity contribution in [3.05, 3.63) is 35.4 Å². The number of aryl methyl sites for hydroxylation is 1. The zero-order valence-electron chi connectivity index (χ0n) is 11.4. The molecule has 0 saturated heterocycles. The summed E-state index contributed by atoms with van der Waals surface area (Å²) in [7, 11) is 0.